The molecule has 3 aromatic heterocycles. The standard InChI is InChI=1S/C23H25FN8O/c1-15(16-3-5-18(24)6-4-16)28-23(33)32-9-7-31(8-10-32)22-19-11-20(17-12-27-30(2)13-17)29-21(19)25-14-26-22/h3-6,11-15H,7-10H2,1-2H3,(H,28,33)(H,25,26,29)/t15-/m0/s1. The molecule has 2 N–H and O–H groups in total. The zero-order chi connectivity index (χ0) is 22.9. The fourth-order valence-corrected chi connectivity index (χ4v) is 4.13. The molecule has 9 nitrogen and oxygen atoms in total. The summed E-state index contributed by atoms with van der Waals surface area (Å²) >= 11 is 0. The van der Waals surface area contributed by atoms with Crippen LogP contribution in [0, 0.1) is 5.82 Å². The van der Waals surface area contributed by atoms with Crippen LogP contribution in [-0.2, 0) is 7.05 Å². The molecule has 170 valence electrons. The molecule has 1 aromatic carbocycles. The summed E-state index contributed by atoms with van der Waals surface area (Å²) in [7, 11) is 1.88. The van der Waals surface area contributed by atoms with E-state index in [-0.39, 0.29) is 17.9 Å². The largest absolute Gasteiger partial charge is 0.352 e. The average molecular weight is 449 g/mol. The van der Waals surface area contributed by atoms with Crippen LogP contribution in [0.2, 0.25) is 0 Å². The van der Waals surface area contributed by atoms with Crippen LogP contribution in [0.15, 0.2) is 49.1 Å². The van der Waals surface area contributed by atoms with Crippen molar-refractivity contribution >= 4 is 22.9 Å². The minimum absolute atomic E-state index is 0.125. The van der Waals surface area contributed by atoms with Crippen molar-refractivity contribution in [2.75, 3.05) is 31.1 Å². The fraction of sp³-hybridized carbons (Fsp3) is 0.304. The van der Waals surface area contributed by atoms with E-state index in [4.69, 9.17) is 0 Å². The molecular formula is C23H25FN8O. The number of urea groups is 1. The lowest BCUT2D eigenvalue weighted by Gasteiger charge is -2.36. The Bertz CT molecular complexity index is 1270. The van der Waals surface area contributed by atoms with Crippen molar-refractivity contribution in [2.24, 2.45) is 7.05 Å². The normalized spacial score (nSPS) is 15.1. The Morgan fingerprint density at radius 3 is 2.61 bits per heavy atom. The molecule has 0 saturated carbocycles. The minimum atomic E-state index is -0.290. The second-order valence-electron chi connectivity index (χ2n) is 8.24. The van der Waals surface area contributed by atoms with Crippen molar-refractivity contribution in [3.05, 3.63) is 60.4 Å². The first kappa shape index (κ1) is 20.9. The summed E-state index contributed by atoms with van der Waals surface area (Å²) in [5, 5.41) is 8.18. The number of rotatable bonds is 4. The van der Waals surface area contributed by atoms with E-state index < -0.39 is 0 Å². The summed E-state index contributed by atoms with van der Waals surface area (Å²) in [6.07, 6.45) is 5.31. The third kappa shape index (κ3) is 4.23. The predicted molar refractivity (Wildman–Crippen MR) is 123 cm³/mol. The number of hydrogen-bond donors (Lipinski definition) is 2. The summed E-state index contributed by atoms with van der Waals surface area (Å²) in [6.45, 7) is 4.38. The summed E-state index contributed by atoms with van der Waals surface area (Å²) in [4.78, 5) is 29.0. The van der Waals surface area contributed by atoms with Gasteiger partial charge in [-0.05, 0) is 30.7 Å². The Hall–Kier alpha value is -3.95. The Balaban J connectivity index is 1.25. The highest BCUT2D eigenvalue weighted by Crippen LogP contribution is 2.29. The number of carbonyl (C=O) groups excluding carboxylic acids is 1. The third-order valence-electron chi connectivity index (χ3n) is 6.00. The number of piperazine rings is 1. The monoisotopic (exact) mass is 448 g/mol. The molecule has 1 aliphatic heterocycles. The van der Waals surface area contributed by atoms with Gasteiger partial charge in [-0.3, -0.25) is 4.68 Å². The van der Waals surface area contributed by atoms with E-state index in [1.54, 1.807) is 28.0 Å². The summed E-state index contributed by atoms with van der Waals surface area (Å²) in [5.74, 6) is 0.563. The van der Waals surface area contributed by atoms with Gasteiger partial charge < -0.3 is 20.1 Å². The Morgan fingerprint density at radius 1 is 1.15 bits per heavy atom. The molecule has 5 rings (SSSR count). The Labute approximate surface area is 190 Å². The fourth-order valence-electron chi connectivity index (χ4n) is 4.13. The zero-order valence-corrected chi connectivity index (χ0v) is 18.5. The van der Waals surface area contributed by atoms with Crippen molar-refractivity contribution < 1.29 is 9.18 Å². The van der Waals surface area contributed by atoms with Crippen LogP contribution in [-0.4, -0.2) is 61.8 Å². The first-order valence-electron chi connectivity index (χ1n) is 10.9. The summed E-state index contributed by atoms with van der Waals surface area (Å²) < 4.78 is 14.9. The van der Waals surface area contributed by atoms with Gasteiger partial charge in [0.2, 0.25) is 0 Å². The number of H-pyrrole nitrogens is 1. The smallest absolute Gasteiger partial charge is 0.317 e. The second kappa shape index (κ2) is 8.53. The number of halogens is 1. The SMILES string of the molecule is C[C@H](NC(=O)N1CCN(c2ncnc3[nH]c(-c4cnn(C)c4)cc23)CC1)c1ccc(F)cc1. The molecule has 0 spiro atoms. The highest BCUT2D eigenvalue weighted by Gasteiger charge is 2.25. The molecule has 10 heteroatoms. The van der Waals surface area contributed by atoms with Gasteiger partial charge in [0.05, 0.1) is 23.3 Å². The number of carbonyl (C=O) groups is 1. The highest BCUT2D eigenvalue weighted by molar-refractivity contribution is 5.92. The van der Waals surface area contributed by atoms with Crippen molar-refractivity contribution in [1.29, 1.82) is 0 Å². The molecule has 1 aliphatic rings. The van der Waals surface area contributed by atoms with E-state index in [1.807, 2.05) is 32.4 Å². The molecule has 1 atom stereocenters. The van der Waals surface area contributed by atoms with E-state index in [0.29, 0.717) is 26.2 Å². The van der Waals surface area contributed by atoms with Crippen LogP contribution in [0.25, 0.3) is 22.3 Å². The molecule has 1 fully saturated rings. The quantitative estimate of drug-likeness (QED) is 0.500. The molecule has 0 radical (unpaired) electrons. The van der Waals surface area contributed by atoms with Crippen molar-refractivity contribution in [2.45, 2.75) is 13.0 Å². The lowest BCUT2D eigenvalue weighted by atomic mass is 10.1. The maximum Gasteiger partial charge on any atom is 0.317 e. The van der Waals surface area contributed by atoms with E-state index in [9.17, 15) is 9.18 Å². The van der Waals surface area contributed by atoms with Crippen molar-refractivity contribution in [1.82, 2.24) is 34.9 Å². The number of nitrogens with one attached hydrogen (secondary N) is 2. The number of aryl methyl sites for hydroxylation is 1. The van der Waals surface area contributed by atoms with Gasteiger partial charge in [0.15, 0.2) is 0 Å². The lowest BCUT2D eigenvalue weighted by molar-refractivity contribution is 0.191. The molecule has 1 saturated heterocycles. The molecule has 2 amide bonds. The topological polar surface area (TPSA) is 95.0 Å². The predicted octanol–water partition coefficient (Wildman–Crippen LogP) is 3.09. The van der Waals surface area contributed by atoms with Gasteiger partial charge in [-0.1, -0.05) is 12.1 Å². The van der Waals surface area contributed by atoms with Gasteiger partial charge in [-0.2, -0.15) is 5.10 Å². The van der Waals surface area contributed by atoms with Crippen LogP contribution in [0.3, 0.4) is 0 Å². The molecule has 33 heavy (non-hydrogen) atoms. The molecule has 0 bridgehead atoms. The molecule has 4 aromatic rings. The van der Waals surface area contributed by atoms with Gasteiger partial charge in [0, 0.05) is 45.0 Å². The molecule has 4 heterocycles. The number of nitrogens with zero attached hydrogens (tertiary/aromatic N) is 6. The molecule has 0 unspecified atom stereocenters. The van der Waals surface area contributed by atoms with Gasteiger partial charge in [0.25, 0.3) is 0 Å². The number of benzene rings is 1. The average Bonchev–Trinajstić information content (AvgIpc) is 3.45. The summed E-state index contributed by atoms with van der Waals surface area (Å²) in [5.41, 5.74) is 3.56. The number of aromatic nitrogens is 5. The first-order valence-corrected chi connectivity index (χ1v) is 10.9. The van der Waals surface area contributed by atoms with Gasteiger partial charge in [-0.25, -0.2) is 19.2 Å². The minimum Gasteiger partial charge on any atom is -0.352 e. The second-order valence-corrected chi connectivity index (χ2v) is 8.24. The Kier molecular flexibility index (Phi) is 5.41. The molecular weight excluding hydrogens is 423 g/mol. The highest BCUT2D eigenvalue weighted by atomic mass is 19.1. The Morgan fingerprint density at radius 2 is 1.91 bits per heavy atom. The number of aromatic amines is 1. The first-order chi connectivity index (χ1) is 16.0. The van der Waals surface area contributed by atoms with Crippen LogP contribution >= 0.6 is 0 Å². The molecule has 0 aliphatic carbocycles. The van der Waals surface area contributed by atoms with Gasteiger partial charge >= 0.3 is 6.03 Å². The van der Waals surface area contributed by atoms with Crippen LogP contribution < -0.4 is 10.2 Å². The van der Waals surface area contributed by atoms with Crippen molar-refractivity contribution in [3.8, 4) is 11.3 Å². The third-order valence-corrected chi connectivity index (χ3v) is 6.00. The number of hydrogen-bond acceptors (Lipinski definition) is 5. The van der Waals surface area contributed by atoms with Gasteiger partial charge in [-0.15, -0.1) is 0 Å². The van der Waals surface area contributed by atoms with E-state index in [2.05, 4.69) is 30.3 Å². The number of fused-ring (bicyclic) bond motifs is 1. The van der Waals surface area contributed by atoms with E-state index >= 15 is 0 Å². The van der Waals surface area contributed by atoms with E-state index in [0.717, 1.165) is 33.7 Å². The zero-order valence-electron chi connectivity index (χ0n) is 18.5. The maximum absolute atomic E-state index is 13.2. The van der Waals surface area contributed by atoms with Crippen molar-refractivity contribution in [3.63, 3.8) is 0 Å². The van der Waals surface area contributed by atoms with Crippen LogP contribution in [0.5, 0.6) is 0 Å². The van der Waals surface area contributed by atoms with Crippen LogP contribution in [0.4, 0.5) is 15.0 Å². The number of anilines is 1. The van der Waals surface area contributed by atoms with Crippen LogP contribution in [0.1, 0.15) is 18.5 Å². The van der Waals surface area contributed by atoms with Gasteiger partial charge in [0.1, 0.15) is 23.6 Å². The lowest BCUT2D eigenvalue weighted by Crippen LogP contribution is -2.52. The summed E-state index contributed by atoms with van der Waals surface area (Å²) in [6, 6.07) is 7.90. The van der Waals surface area contributed by atoms with E-state index in [1.165, 1.54) is 12.1 Å². The maximum atomic E-state index is 13.2. The number of amides is 2.